The molecule has 0 fully saturated rings. The van der Waals surface area contributed by atoms with Gasteiger partial charge in [0.2, 0.25) is 10.0 Å². The normalized spacial score (nSPS) is 12.2. The van der Waals surface area contributed by atoms with Gasteiger partial charge in [-0.1, -0.05) is 12.1 Å². The second-order valence-electron chi connectivity index (χ2n) is 6.26. The third kappa shape index (κ3) is 9.06. The first-order valence-electron chi connectivity index (χ1n) is 7.72. The van der Waals surface area contributed by atoms with Gasteiger partial charge in [0.1, 0.15) is 18.5 Å². The smallest absolute Gasteiger partial charge is 0.440 e. The molecule has 0 aromatic heterocycles. The Hall–Kier alpha value is -2.13. The van der Waals surface area contributed by atoms with Crippen molar-refractivity contribution in [2.24, 2.45) is 4.99 Å². The Morgan fingerprint density at radius 3 is 2.36 bits per heavy atom. The summed E-state index contributed by atoms with van der Waals surface area (Å²) in [6.45, 7) is 7.69. The first-order chi connectivity index (χ1) is 11.5. The van der Waals surface area contributed by atoms with E-state index in [4.69, 9.17) is 9.57 Å². The third-order valence-electron chi connectivity index (χ3n) is 2.57. The van der Waals surface area contributed by atoms with Gasteiger partial charge in [-0.3, -0.25) is 14.6 Å². The zero-order valence-corrected chi connectivity index (χ0v) is 16.0. The number of benzene rings is 1. The number of rotatable bonds is 7. The number of aliphatic imine (C=N–C) groups is 1. The van der Waals surface area contributed by atoms with E-state index in [0.29, 0.717) is 12.2 Å². The van der Waals surface area contributed by atoms with E-state index in [1.807, 2.05) is 6.92 Å². The maximum Gasteiger partial charge on any atom is 0.440 e. The minimum atomic E-state index is -3.32. The van der Waals surface area contributed by atoms with Gasteiger partial charge in [0.25, 0.3) is 0 Å². The van der Waals surface area contributed by atoms with Gasteiger partial charge in [-0.2, -0.15) is 0 Å². The Bertz CT molecular complexity index is 693. The summed E-state index contributed by atoms with van der Waals surface area (Å²) in [5.74, 6) is 0. The molecular formula is C16H25N3O5S. The van der Waals surface area contributed by atoms with E-state index in [9.17, 15) is 13.2 Å². The summed E-state index contributed by atoms with van der Waals surface area (Å²) >= 11 is 0. The maximum atomic E-state index is 12.1. The number of amides is 1. The summed E-state index contributed by atoms with van der Waals surface area (Å²) in [6, 6.07) is 6.60. The van der Waals surface area contributed by atoms with Crippen LogP contribution in [-0.4, -0.2) is 44.3 Å². The molecule has 0 atom stereocenters. The first kappa shape index (κ1) is 20.9. The molecule has 0 saturated carbocycles. The molecule has 9 heteroatoms. The van der Waals surface area contributed by atoms with Gasteiger partial charge in [-0.25, -0.2) is 13.2 Å². The average molecular weight is 371 g/mol. The number of carbonyl (C=O) groups excluding carboxylic acids is 1. The monoisotopic (exact) mass is 371 g/mol. The van der Waals surface area contributed by atoms with E-state index in [1.54, 1.807) is 45.0 Å². The van der Waals surface area contributed by atoms with E-state index in [-0.39, 0.29) is 6.61 Å². The molecule has 1 amide bonds. The number of hydroxylamine groups is 2. The highest BCUT2D eigenvalue weighted by Gasteiger charge is 2.22. The van der Waals surface area contributed by atoms with Crippen LogP contribution in [0.25, 0.3) is 0 Å². The van der Waals surface area contributed by atoms with Crippen molar-refractivity contribution in [3.05, 3.63) is 29.8 Å². The van der Waals surface area contributed by atoms with Crippen molar-refractivity contribution < 1.29 is 22.8 Å². The Kier molecular flexibility index (Phi) is 7.38. The van der Waals surface area contributed by atoms with Crippen LogP contribution < -0.4 is 4.72 Å². The number of nitrogens with zero attached hydrogens (tertiary/aromatic N) is 2. The SMILES string of the molecule is CC/N=C\N(OCc1ccc(NS(C)(=O)=O)cc1)C(=O)OC(C)(C)C. The zero-order valence-electron chi connectivity index (χ0n) is 15.1. The molecule has 0 radical (unpaired) electrons. The molecule has 0 spiro atoms. The highest BCUT2D eigenvalue weighted by atomic mass is 32.2. The van der Waals surface area contributed by atoms with Crippen LogP contribution in [0.4, 0.5) is 10.5 Å². The van der Waals surface area contributed by atoms with Crippen molar-refractivity contribution in [2.75, 3.05) is 17.5 Å². The Balaban J connectivity index is 2.72. The predicted molar refractivity (Wildman–Crippen MR) is 96.8 cm³/mol. The van der Waals surface area contributed by atoms with E-state index in [2.05, 4.69) is 9.71 Å². The van der Waals surface area contributed by atoms with Gasteiger partial charge >= 0.3 is 6.09 Å². The number of sulfonamides is 1. The Morgan fingerprint density at radius 2 is 1.88 bits per heavy atom. The fourth-order valence-electron chi connectivity index (χ4n) is 1.62. The molecule has 0 aliphatic rings. The molecule has 0 aliphatic heterocycles. The molecule has 25 heavy (non-hydrogen) atoms. The Labute approximate surface area is 148 Å². The van der Waals surface area contributed by atoms with Gasteiger partial charge in [0, 0.05) is 12.2 Å². The first-order valence-corrected chi connectivity index (χ1v) is 9.61. The molecule has 0 bridgehead atoms. The number of carbonyl (C=O) groups is 1. The van der Waals surface area contributed by atoms with Crippen molar-refractivity contribution in [1.29, 1.82) is 0 Å². The largest absolute Gasteiger partial charge is 0.442 e. The minimum absolute atomic E-state index is 0.0914. The van der Waals surface area contributed by atoms with E-state index in [0.717, 1.165) is 16.9 Å². The number of anilines is 1. The van der Waals surface area contributed by atoms with E-state index in [1.165, 1.54) is 6.34 Å². The molecule has 0 unspecified atom stereocenters. The maximum absolute atomic E-state index is 12.1. The topological polar surface area (TPSA) is 97.3 Å². The van der Waals surface area contributed by atoms with Crippen molar-refractivity contribution in [2.45, 2.75) is 39.9 Å². The lowest BCUT2D eigenvalue weighted by atomic mass is 10.2. The minimum Gasteiger partial charge on any atom is -0.442 e. The number of hydrogen-bond donors (Lipinski definition) is 1. The molecular weight excluding hydrogens is 346 g/mol. The van der Waals surface area contributed by atoms with Gasteiger partial charge in [0.15, 0.2) is 0 Å². The van der Waals surface area contributed by atoms with Gasteiger partial charge < -0.3 is 4.74 Å². The molecule has 0 heterocycles. The molecule has 8 nitrogen and oxygen atoms in total. The molecule has 1 N–H and O–H groups in total. The summed E-state index contributed by atoms with van der Waals surface area (Å²) in [6.07, 6.45) is 1.68. The van der Waals surface area contributed by atoms with Crippen molar-refractivity contribution in [3.63, 3.8) is 0 Å². The average Bonchev–Trinajstić information content (AvgIpc) is 2.45. The molecule has 1 aromatic rings. The zero-order chi connectivity index (χ0) is 19.1. The van der Waals surface area contributed by atoms with Crippen LogP contribution in [0.5, 0.6) is 0 Å². The van der Waals surface area contributed by atoms with Crippen LogP contribution in [0.1, 0.15) is 33.3 Å². The summed E-state index contributed by atoms with van der Waals surface area (Å²) < 4.78 is 30.0. The van der Waals surface area contributed by atoms with Gasteiger partial charge in [-0.05, 0) is 45.4 Å². The predicted octanol–water partition coefficient (Wildman–Crippen LogP) is 2.78. The Morgan fingerprint density at radius 1 is 1.28 bits per heavy atom. The molecule has 1 aromatic carbocycles. The fraction of sp³-hybridized carbons (Fsp3) is 0.500. The van der Waals surface area contributed by atoms with Crippen LogP contribution >= 0.6 is 0 Å². The fourth-order valence-corrected chi connectivity index (χ4v) is 2.19. The van der Waals surface area contributed by atoms with Crippen LogP contribution in [0.15, 0.2) is 29.3 Å². The lowest BCUT2D eigenvalue weighted by Gasteiger charge is -2.24. The molecule has 0 saturated heterocycles. The second-order valence-corrected chi connectivity index (χ2v) is 8.01. The van der Waals surface area contributed by atoms with Crippen molar-refractivity contribution in [1.82, 2.24) is 5.06 Å². The van der Waals surface area contributed by atoms with Crippen molar-refractivity contribution in [3.8, 4) is 0 Å². The van der Waals surface area contributed by atoms with Crippen LogP contribution in [0, 0.1) is 0 Å². The highest BCUT2D eigenvalue weighted by Crippen LogP contribution is 2.13. The second kappa shape index (κ2) is 8.82. The van der Waals surface area contributed by atoms with Crippen molar-refractivity contribution >= 4 is 28.1 Å². The lowest BCUT2D eigenvalue weighted by Crippen LogP contribution is -2.36. The molecule has 0 aliphatic carbocycles. The van der Waals surface area contributed by atoms with Crippen LogP contribution in [0.2, 0.25) is 0 Å². The molecule has 1 rings (SSSR count). The molecule has 140 valence electrons. The quantitative estimate of drug-likeness (QED) is 0.451. The summed E-state index contributed by atoms with van der Waals surface area (Å²) in [5, 5.41) is 0.942. The summed E-state index contributed by atoms with van der Waals surface area (Å²) in [7, 11) is -3.32. The van der Waals surface area contributed by atoms with Gasteiger partial charge in [0.05, 0.1) is 6.26 Å². The van der Waals surface area contributed by atoms with E-state index < -0.39 is 21.7 Å². The van der Waals surface area contributed by atoms with E-state index >= 15 is 0 Å². The van der Waals surface area contributed by atoms with Crippen LogP contribution in [-0.2, 0) is 26.2 Å². The number of ether oxygens (including phenoxy) is 1. The lowest BCUT2D eigenvalue weighted by molar-refractivity contribution is -0.105. The summed E-state index contributed by atoms with van der Waals surface area (Å²) in [4.78, 5) is 21.5. The standard InChI is InChI=1S/C16H25N3O5S/c1-6-17-12-19(15(20)24-16(2,3)4)23-11-13-7-9-14(10-8-13)18-25(5,21)22/h7-10,12,18H,6,11H2,1-5H3/b17-12-. The number of hydrogen-bond acceptors (Lipinski definition) is 6. The third-order valence-corrected chi connectivity index (χ3v) is 3.18. The highest BCUT2D eigenvalue weighted by molar-refractivity contribution is 7.92. The van der Waals surface area contributed by atoms with Crippen LogP contribution in [0.3, 0.4) is 0 Å². The summed E-state index contributed by atoms with van der Waals surface area (Å²) in [5.41, 5.74) is 0.540. The number of nitrogens with one attached hydrogen (secondary N) is 1. The van der Waals surface area contributed by atoms with Gasteiger partial charge in [-0.15, -0.1) is 5.06 Å².